The molecule has 1 rings (SSSR count). The van der Waals surface area contributed by atoms with Crippen molar-refractivity contribution < 1.29 is 0 Å². The second kappa shape index (κ2) is 3.15. The van der Waals surface area contributed by atoms with E-state index in [2.05, 4.69) is 20.9 Å². The molecule has 2 heteroatoms. The minimum absolute atomic E-state index is 1.21. The Morgan fingerprint density at radius 1 is 1.38 bits per heavy atom. The van der Waals surface area contributed by atoms with E-state index in [1.807, 2.05) is 24.3 Å². The van der Waals surface area contributed by atoms with Crippen LogP contribution in [0.3, 0.4) is 0 Å². The molecule has 0 saturated heterocycles. The summed E-state index contributed by atoms with van der Waals surface area (Å²) < 4.78 is 0. The normalized spacial score (nSPS) is 9.12. The Balaban J connectivity index is 2.83. The highest BCUT2D eigenvalue weighted by Crippen LogP contribution is 2.22. The third-order valence-corrected chi connectivity index (χ3v) is 2.35. The van der Waals surface area contributed by atoms with Crippen LogP contribution in [-0.4, -0.2) is 0 Å². The van der Waals surface area contributed by atoms with E-state index in [9.17, 15) is 0 Å². The van der Waals surface area contributed by atoms with Gasteiger partial charge in [-0.25, -0.2) is 0 Å². The molecule has 0 bridgehead atoms. The van der Waals surface area contributed by atoms with E-state index < -0.39 is 0 Å². The van der Waals surface area contributed by atoms with Gasteiger partial charge in [0, 0.05) is 4.90 Å². The van der Waals surface area contributed by atoms with Crippen molar-refractivity contribution >= 4 is 25.0 Å². The number of hydrogen-bond donors (Lipinski definition) is 0. The fourth-order valence-electron chi connectivity index (χ4n) is 0.423. The first-order chi connectivity index (χ1) is 3.93. The van der Waals surface area contributed by atoms with Gasteiger partial charge in [0.2, 0.25) is 0 Å². The average Bonchev–Trinajstić information content (AvgIpc) is 1.90. The van der Waals surface area contributed by atoms with E-state index in [0.717, 1.165) is 0 Å². The van der Waals surface area contributed by atoms with Gasteiger partial charge in [-0.15, -0.1) is 0 Å². The van der Waals surface area contributed by atoms with Crippen LogP contribution in [0.5, 0.6) is 0 Å². The van der Waals surface area contributed by atoms with Crippen LogP contribution in [0, 0.1) is 6.07 Å². The van der Waals surface area contributed by atoms with E-state index in [4.69, 9.17) is 0 Å². The topological polar surface area (TPSA) is 0 Å². The van der Waals surface area contributed by atoms with Crippen molar-refractivity contribution in [1.82, 2.24) is 0 Å². The molecule has 0 aromatic heterocycles. The van der Waals surface area contributed by atoms with Crippen molar-refractivity contribution in [3.05, 3.63) is 30.3 Å². The number of halogens is 1. The van der Waals surface area contributed by atoms with E-state index in [-0.39, 0.29) is 0 Å². The molecule has 0 aliphatic rings. The summed E-state index contributed by atoms with van der Waals surface area (Å²) in [5, 5.41) is 0. The van der Waals surface area contributed by atoms with Crippen molar-refractivity contribution in [2.45, 2.75) is 4.90 Å². The van der Waals surface area contributed by atoms with Crippen molar-refractivity contribution in [2.75, 3.05) is 0 Å². The van der Waals surface area contributed by atoms with Crippen LogP contribution in [0.4, 0.5) is 0 Å². The molecule has 41 valence electrons. The molecule has 1 aromatic carbocycles. The molecule has 0 atom stereocenters. The van der Waals surface area contributed by atoms with Gasteiger partial charge in [-0.05, 0) is 43.2 Å². The zero-order chi connectivity index (χ0) is 5.82. The molecular formula is C6H4BrS. The highest BCUT2D eigenvalue weighted by molar-refractivity contribution is 9.50. The summed E-state index contributed by atoms with van der Waals surface area (Å²) in [6, 6.07) is 10.7. The molecule has 0 unspecified atom stereocenters. The fourth-order valence-corrected chi connectivity index (χ4v) is 1.31. The van der Waals surface area contributed by atoms with Crippen molar-refractivity contribution in [3.63, 3.8) is 0 Å². The highest BCUT2D eigenvalue weighted by atomic mass is 79.9. The SMILES string of the molecule is BrSc1cc[c]cc1. The molecule has 1 radical (unpaired) electrons. The molecule has 0 heterocycles. The minimum Gasteiger partial charge on any atom is -0.0532 e. The molecule has 0 nitrogen and oxygen atoms in total. The average molecular weight is 188 g/mol. The Labute approximate surface area is 60.5 Å². The fraction of sp³-hybridized carbons (Fsp3) is 0. The van der Waals surface area contributed by atoms with Crippen LogP contribution >= 0.6 is 25.0 Å². The van der Waals surface area contributed by atoms with Crippen LogP contribution in [0.1, 0.15) is 0 Å². The monoisotopic (exact) mass is 187 g/mol. The number of hydrogen-bond acceptors (Lipinski definition) is 1. The first kappa shape index (κ1) is 6.17. The molecule has 0 fully saturated rings. The van der Waals surface area contributed by atoms with Crippen molar-refractivity contribution in [2.24, 2.45) is 0 Å². The van der Waals surface area contributed by atoms with Gasteiger partial charge in [-0.1, -0.05) is 12.1 Å². The Hall–Kier alpha value is 0.0500. The van der Waals surface area contributed by atoms with Gasteiger partial charge in [0.05, 0.1) is 0 Å². The lowest BCUT2D eigenvalue weighted by atomic mass is 10.4. The molecule has 0 aliphatic carbocycles. The molecule has 0 saturated carbocycles. The van der Waals surface area contributed by atoms with Crippen LogP contribution < -0.4 is 0 Å². The largest absolute Gasteiger partial charge is 0.0532 e. The predicted molar refractivity (Wildman–Crippen MR) is 40.1 cm³/mol. The minimum atomic E-state index is 1.21. The molecule has 8 heavy (non-hydrogen) atoms. The van der Waals surface area contributed by atoms with E-state index in [0.29, 0.717) is 0 Å². The summed E-state index contributed by atoms with van der Waals surface area (Å²) in [6.07, 6.45) is 0. The molecule has 0 N–H and O–H groups in total. The lowest BCUT2D eigenvalue weighted by Gasteiger charge is -1.86. The Bertz CT molecular complexity index is 150. The van der Waals surface area contributed by atoms with Crippen LogP contribution in [0.15, 0.2) is 29.2 Å². The van der Waals surface area contributed by atoms with Gasteiger partial charge in [-0.2, -0.15) is 0 Å². The zero-order valence-electron chi connectivity index (χ0n) is 4.10. The maximum atomic E-state index is 3.26. The van der Waals surface area contributed by atoms with E-state index in [1.54, 1.807) is 10.2 Å². The molecule has 0 spiro atoms. The van der Waals surface area contributed by atoms with Gasteiger partial charge in [0.1, 0.15) is 0 Å². The highest BCUT2D eigenvalue weighted by Gasteiger charge is 1.82. The van der Waals surface area contributed by atoms with Gasteiger partial charge >= 0.3 is 0 Å². The quantitative estimate of drug-likeness (QED) is 0.652. The second-order valence-corrected chi connectivity index (χ2v) is 2.91. The first-order valence-electron chi connectivity index (χ1n) is 2.18. The summed E-state index contributed by atoms with van der Waals surface area (Å²) in [4.78, 5) is 1.21. The van der Waals surface area contributed by atoms with E-state index >= 15 is 0 Å². The summed E-state index contributed by atoms with van der Waals surface area (Å²) in [7, 11) is 1.56. The third kappa shape index (κ3) is 1.53. The Morgan fingerprint density at radius 2 is 2.00 bits per heavy atom. The van der Waals surface area contributed by atoms with Crippen LogP contribution in [0.2, 0.25) is 0 Å². The van der Waals surface area contributed by atoms with Gasteiger partial charge in [0.15, 0.2) is 0 Å². The smallest absolute Gasteiger partial charge is 0.0188 e. The number of benzene rings is 1. The van der Waals surface area contributed by atoms with Crippen molar-refractivity contribution in [1.29, 1.82) is 0 Å². The van der Waals surface area contributed by atoms with Crippen LogP contribution in [0.25, 0.3) is 0 Å². The molecule has 0 aliphatic heterocycles. The lowest BCUT2D eigenvalue weighted by molar-refractivity contribution is 1.47. The van der Waals surface area contributed by atoms with Crippen LogP contribution in [-0.2, 0) is 0 Å². The van der Waals surface area contributed by atoms with E-state index in [1.165, 1.54) is 4.90 Å². The van der Waals surface area contributed by atoms with Crippen molar-refractivity contribution in [3.8, 4) is 0 Å². The van der Waals surface area contributed by atoms with Gasteiger partial charge < -0.3 is 0 Å². The maximum absolute atomic E-state index is 3.26. The summed E-state index contributed by atoms with van der Waals surface area (Å²) in [5.41, 5.74) is 0. The summed E-state index contributed by atoms with van der Waals surface area (Å²) in [6.45, 7) is 0. The summed E-state index contributed by atoms with van der Waals surface area (Å²) in [5.74, 6) is 0. The molecular weight excluding hydrogens is 184 g/mol. The van der Waals surface area contributed by atoms with Gasteiger partial charge in [0.25, 0.3) is 0 Å². The number of rotatable bonds is 1. The van der Waals surface area contributed by atoms with Gasteiger partial charge in [-0.3, -0.25) is 0 Å². The zero-order valence-corrected chi connectivity index (χ0v) is 6.50. The Morgan fingerprint density at radius 3 is 2.38 bits per heavy atom. The molecule has 0 amide bonds. The molecule has 1 aromatic rings. The standard InChI is InChI=1S/C6H4BrS/c7-8-6-4-2-1-3-5-6/h2-5H. The summed E-state index contributed by atoms with van der Waals surface area (Å²) >= 11 is 3.26. The Kier molecular flexibility index (Phi) is 2.43. The third-order valence-electron chi connectivity index (χ3n) is 0.777. The maximum Gasteiger partial charge on any atom is 0.0188 e. The predicted octanol–water partition coefficient (Wildman–Crippen LogP) is 2.89. The first-order valence-corrected chi connectivity index (χ1v) is 4.84. The lowest BCUT2D eigenvalue weighted by Crippen LogP contribution is -1.60. The second-order valence-electron chi connectivity index (χ2n) is 1.31.